The summed E-state index contributed by atoms with van der Waals surface area (Å²) in [6.45, 7) is 3.27. The van der Waals surface area contributed by atoms with E-state index in [2.05, 4.69) is 0 Å². The Morgan fingerprint density at radius 3 is 2.54 bits per heavy atom. The summed E-state index contributed by atoms with van der Waals surface area (Å²) in [5.74, 6) is 0.337. The molecule has 0 heterocycles. The summed E-state index contributed by atoms with van der Waals surface area (Å²) in [6, 6.07) is 12.9. The molecule has 0 spiro atoms. The molecule has 0 aliphatic heterocycles. The molecule has 1 fully saturated rings. The van der Waals surface area contributed by atoms with Crippen LogP contribution >= 0.6 is 11.8 Å². The van der Waals surface area contributed by atoms with Crippen molar-refractivity contribution in [3.05, 3.63) is 59.2 Å². The van der Waals surface area contributed by atoms with Gasteiger partial charge in [0.05, 0.1) is 6.61 Å². The molecule has 1 N–H and O–H groups in total. The van der Waals surface area contributed by atoms with E-state index in [1.165, 1.54) is 49.8 Å². The molecule has 0 bridgehead atoms. The van der Waals surface area contributed by atoms with Gasteiger partial charge in [0.25, 0.3) is 5.91 Å². The number of benzene rings is 2. The maximum Gasteiger partial charge on any atom is 0.326 e. The number of rotatable bonds is 14. The lowest BCUT2D eigenvalue weighted by molar-refractivity contribution is -0.142. The lowest BCUT2D eigenvalue weighted by Crippen LogP contribution is -2.43. The number of hydrogen-bond donors (Lipinski definition) is 1. The van der Waals surface area contributed by atoms with Crippen LogP contribution in [-0.4, -0.2) is 53.6 Å². The standard InChI is InChI=1S/C31H43NO4S/c1-23-11-7-8-15-26(23)28-21-25(22-36-19-10-9-14-24-12-5-4-6-13-24)16-17-27(28)30(33)32(2)29(31(34)35)18-20-37-3/h7-8,11,15-17,21,24,29H,4-6,9-10,12-14,18-20,22H2,1-3H3,(H,34,35)/t29-/m0/s1. The summed E-state index contributed by atoms with van der Waals surface area (Å²) in [4.78, 5) is 26.8. The largest absolute Gasteiger partial charge is 0.480 e. The van der Waals surface area contributed by atoms with Gasteiger partial charge in [-0.25, -0.2) is 4.79 Å². The highest BCUT2D eigenvalue weighted by atomic mass is 32.2. The zero-order valence-electron chi connectivity index (χ0n) is 22.7. The Hall–Kier alpha value is -2.31. The predicted molar refractivity (Wildman–Crippen MR) is 153 cm³/mol. The lowest BCUT2D eigenvalue weighted by atomic mass is 9.86. The number of carboxylic acid groups (broad SMARTS) is 1. The average molecular weight is 526 g/mol. The molecular formula is C31H43NO4S. The maximum absolute atomic E-state index is 13.6. The second-order valence-electron chi connectivity index (χ2n) is 10.3. The molecular weight excluding hydrogens is 482 g/mol. The topological polar surface area (TPSA) is 66.8 Å². The molecule has 2 aromatic rings. The highest BCUT2D eigenvalue weighted by Gasteiger charge is 2.28. The summed E-state index contributed by atoms with van der Waals surface area (Å²) < 4.78 is 6.02. The first-order chi connectivity index (χ1) is 17.9. The molecule has 6 heteroatoms. The first-order valence-electron chi connectivity index (χ1n) is 13.7. The van der Waals surface area contributed by atoms with Crippen LogP contribution in [0.25, 0.3) is 11.1 Å². The Morgan fingerprint density at radius 1 is 1.08 bits per heavy atom. The Labute approximate surface area is 227 Å². The van der Waals surface area contributed by atoms with Crippen LogP contribution in [0.15, 0.2) is 42.5 Å². The number of likely N-dealkylation sites (N-methyl/N-ethyl adjacent to an activating group) is 1. The van der Waals surface area contributed by atoms with Gasteiger partial charge in [-0.15, -0.1) is 0 Å². The van der Waals surface area contributed by atoms with E-state index in [0.717, 1.165) is 41.2 Å². The minimum absolute atomic E-state index is 0.276. The van der Waals surface area contributed by atoms with Gasteiger partial charge in [0, 0.05) is 19.2 Å². The molecule has 0 unspecified atom stereocenters. The third-order valence-electron chi connectivity index (χ3n) is 7.56. The van der Waals surface area contributed by atoms with Gasteiger partial charge in [-0.1, -0.05) is 75.3 Å². The van der Waals surface area contributed by atoms with E-state index < -0.39 is 12.0 Å². The number of nitrogens with zero attached hydrogens (tertiary/aromatic N) is 1. The SMILES string of the molecule is CSCC[C@@H](C(=O)O)N(C)C(=O)c1ccc(COCCCCC2CCCCC2)cc1-c1ccccc1C. The van der Waals surface area contributed by atoms with E-state index in [1.54, 1.807) is 18.8 Å². The number of unbranched alkanes of at least 4 members (excludes halogenated alkanes) is 1. The van der Waals surface area contributed by atoms with Gasteiger partial charge < -0.3 is 14.7 Å². The quantitative estimate of drug-likeness (QED) is 0.264. The lowest BCUT2D eigenvalue weighted by Gasteiger charge is -2.26. The summed E-state index contributed by atoms with van der Waals surface area (Å²) in [5, 5.41) is 9.75. The zero-order chi connectivity index (χ0) is 26.6. The normalized spacial score (nSPS) is 14.9. The minimum Gasteiger partial charge on any atom is -0.480 e. The van der Waals surface area contributed by atoms with Crippen molar-refractivity contribution in [1.29, 1.82) is 0 Å². The number of carbonyl (C=O) groups excluding carboxylic acids is 1. The fourth-order valence-electron chi connectivity index (χ4n) is 5.31. The molecule has 5 nitrogen and oxygen atoms in total. The van der Waals surface area contributed by atoms with E-state index in [0.29, 0.717) is 24.3 Å². The van der Waals surface area contributed by atoms with Crippen molar-refractivity contribution in [2.45, 2.75) is 77.4 Å². The first kappa shape index (κ1) is 29.2. The monoisotopic (exact) mass is 525 g/mol. The fraction of sp³-hybridized carbons (Fsp3) is 0.548. The maximum atomic E-state index is 13.6. The van der Waals surface area contributed by atoms with Crippen molar-refractivity contribution >= 4 is 23.6 Å². The van der Waals surface area contributed by atoms with Gasteiger partial charge in [0.1, 0.15) is 6.04 Å². The van der Waals surface area contributed by atoms with Gasteiger partial charge in [0.15, 0.2) is 0 Å². The van der Waals surface area contributed by atoms with Crippen molar-refractivity contribution in [2.75, 3.05) is 25.7 Å². The highest BCUT2D eigenvalue weighted by Crippen LogP contribution is 2.30. The van der Waals surface area contributed by atoms with Crippen molar-refractivity contribution < 1.29 is 19.4 Å². The van der Waals surface area contributed by atoms with Gasteiger partial charge in [-0.3, -0.25) is 4.79 Å². The van der Waals surface area contributed by atoms with E-state index in [9.17, 15) is 14.7 Å². The third kappa shape index (κ3) is 8.61. The Balaban J connectivity index is 1.70. The van der Waals surface area contributed by atoms with E-state index in [1.807, 2.05) is 55.6 Å². The number of ether oxygens (including phenoxy) is 1. The molecule has 1 aliphatic rings. The summed E-state index contributed by atoms with van der Waals surface area (Å²) in [5.41, 5.74) is 4.40. The molecule has 0 radical (unpaired) electrons. The number of thioether (sulfide) groups is 1. The number of aliphatic carboxylic acids is 1. The number of aryl methyl sites for hydroxylation is 1. The van der Waals surface area contributed by atoms with Crippen LogP contribution in [0.4, 0.5) is 0 Å². The molecule has 1 atom stereocenters. The number of amides is 1. The van der Waals surface area contributed by atoms with Crippen LogP contribution in [0.2, 0.25) is 0 Å². The first-order valence-corrected chi connectivity index (χ1v) is 15.1. The molecule has 0 saturated heterocycles. The van der Waals surface area contributed by atoms with Gasteiger partial charge in [0.2, 0.25) is 0 Å². The Morgan fingerprint density at radius 2 is 1.84 bits per heavy atom. The number of carboxylic acids is 1. The van der Waals surface area contributed by atoms with Crippen LogP contribution in [0.3, 0.4) is 0 Å². The van der Waals surface area contributed by atoms with Crippen molar-refractivity contribution in [2.24, 2.45) is 5.92 Å². The van der Waals surface area contributed by atoms with Crippen LogP contribution in [0.5, 0.6) is 0 Å². The second-order valence-corrected chi connectivity index (χ2v) is 11.3. The summed E-state index contributed by atoms with van der Waals surface area (Å²) in [7, 11) is 1.59. The molecule has 202 valence electrons. The van der Waals surface area contributed by atoms with E-state index in [-0.39, 0.29) is 5.91 Å². The third-order valence-corrected chi connectivity index (χ3v) is 8.21. The molecule has 0 aromatic heterocycles. The van der Waals surface area contributed by atoms with Crippen LogP contribution < -0.4 is 0 Å². The Bertz CT molecular complexity index is 1020. The highest BCUT2D eigenvalue weighted by molar-refractivity contribution is 7.98. The molecule has 1 aliphatic carbocycles. The predicted octanol–water partition coefficient (Wildman–Crippen LogP) is 7.21. The van der Waals surface area contributed by atoms with Crippen molar-refractivity contribution in [3.8, 4) is 11.1 Å². The Kier molecular flexibility index (Phi) is 12.0. The molecule has 1 saturated carbocycles. The fourth-order valence-corrected chi connectivity index (χ4v) is 5.77. The van der Waals surface area contributed by atoms with Crippen molar-refractivity contribution in [3.63, 3.8) is 0 Å². The molecule has 1 amide bonds. The molecule has 3 rings (SSSR count). The summed E-state index contributed by atoms with van der Waals surface area (Å²) >= 11 is 1.58. The zero-order valence-corrected chi connectivity index (χ0v) is 23.5. The smallest absolute Gasteiger partial charge is 0.326 e. The van der Waals surface area contributed by atoms with Crippen LogP contribution in [0, 0.1) is 12.8 Å². The van der Waals surface area contributed by atoms with Gasteiger partial charge in [-0.05, 0) is 72.1 Å². The van der Waals surface area contributed by atoms with Gasteiger partial charge >= 0.3 is 5.97 Å². The van der Waals surface area contributed by atoms with Crippen LogP contribution in [0.1, 0.15) is 79.3 Å². The molecule has 2 aromatic carbocycles. The van der Waals surface area contributed by atoms with Crippen molar-refractivity contribution in [1.82, 2.24) is 4.90 Å². The number of carbonyl (C=O) groups is 2. The van der Waals surface area contributed by atoms with Gasteiger partial charge in [-0.2, -0.15) is 11.8 Å². The average Bonchev–Trinajstić information content (AvgIpc) is 2.91. The number of hydrogen-bond acceptors (Lipinski definition) is 4. The van der Waals surface area contributed by atoms with Crippen LogP contribution in [-0.2, 0) is 16.1 Å². The summed E-state index contributed by atoms with van der Waals surface area (Å²) in [6.07, 6.45) is 13.0. The van der Waals surface area contributed by atoms with E-state index >= 15 is 0 Å². The second kappa shape index (κ2) is 15.2. The van der Waals surface area contributed by atoms with E-state index in [4.69, 9.17) is 4.74 Å². The minimum atomic E-state index is -0.976. The molecule has 37 heavy (non-hydrogen) atoms.